The van der Waals surface area contributed by atoms with Crippen LogP contribution in [0.15, 0.2) is 36.5 Å². The van der Waals surface area contributed by atoms with E-state index in [1.807, 2.05) is 6.08 Å². The summed E-state index contributed by atoms with van der Waals surface area (Å²) in [6, 6.07) is 0. The molecule has 0 aromatic rings. The average Bonchev–Trinajstić information content (AvgIpc) is 3.39. The molecule has 2 heterocycles. The van der Waals surface area contributed by atoms with E-state index >= 15 is 0 Å². The predicted octanol–water partition coefficient (Wildman–Crippen LogP) is 10.1. The summed E-state index contributed by atoms with van der Waals surface area (Å²) < 4.78 is 33.4. The van der Waals surface area contributed by atoms with Crippen molar-refractivity contribution in [1.82, 2.24) is 0 Å². The number of hydrogen-bond donors (Lipinski definition) is 7. The Bertz CT molecular complexity index is 1430. The first kappa shape index (κ1) is 67.8. The Balaban J connectivity index is 1.76. The lowest BCUT2D eigenvalue weighted by Crippen LogP contribution is -2.61. The number of ether oxygens (including phenoxy) is 6. The van der Waals surface area contributed by atoms with Gasteiger partial charge in [-0.1, -0.05) is 218 Å². The minimum absolute atomic E-state index is 0.152. The van der Waals surface area contributed by atoms with E-state index in [1.54, 1.807) is 12.2 Å². The molecular weight excluding hydrogens is 949 g/mol. The molecular formula is C59H106O15. The van der Waals surface area contributed by atoms with Crippen molar-refractivity contribution in [3.05, 3.63) is 36.5 Å². The number of carbonyl (C=O) groups is 2. The molecule has 74 heavy (non-hydrogen) atoms. The molecule has 0 bridgehead atoms. The van der Waals surface area contributed by atoms with Crippen LogP contribution in [0.25, 0.3) is 0 Å². The second-order valence-corrected chi connectivity index (χ2v) is 20.9. The summed E-state index contributed by atoms with van der Waals surface area (Å²) in [6.07, 6.45) is 35.3. The molecule has 2 rings (SSSR count). The lowest BCUT2D eigenvalue weighted by atomic mass is 9.98. The summed E-state index contributed by atoms with van der Waals surface area (Å²) in [5.74, 6) is -1.21. The molecule has 432 valence electrons. The van der Waals surface area contributed by atoms with Crippen molar-refractivity contribution in [2.45, 2.75) is 300 Å². The fourth-order valence-electron chi connectivity index (χ4n) is 9.37. The van der Waals surface area contributed by atoms with Gasteiger partial charge in [-0.3, -0.25) is 4.79 Å². The highest BCUT2D eigenvalue weighted by Crippen LogP contribution is 2.27. The van der Waals surface area contributed by atoms with E-state index in [0.717, 1.165) is 38.5 Å². The van der Waals surface area contributed by atoms with Gasteiger partial charge in [0, 0.05) is 12.5 Å². The van der Waals surface area contributed by atoms with Gasteiger partial charge in [0.25, 0.3) is 0 Å². The molecule has 2 aliphatic rings. The van der Waals surface area contributed by atoms with E-state index in [4.69, 9.17) is 28.4 Å². The fourth-order valence-corrected chi connectivity index (χ4v) is 9.37. The molecule has 2 aliphatic heterocycles. The Hall–Kier alpha value is -2.28. The van der Waals surface area contributed by atoms with Crippen molar-refractivity contribution in [3.8, 4) is 0 Å². The summed E-state index contributed by atoms with van der Waals surface area (Å²) in [5, 5.41) is 72.2. The minimum atomic E-state index is -1.78. The monoisotopic (exact) mass is 1050 g/mol. The Kier molecular flexibility index (Phi) is 41.9. The molecule has 0 aromatic heterocycles. The third kappa shape index (κ3) is 32.5. The highest BCUT2D eigenvalue weighted by atomic mass is 16.7. The van der Waals surface area contributed by atoms with Crippen LogP contribution in [0.5, 0.6) is 0 Å². The van der Waals surface area contributed by atoms with Crippen LogP contribution < -0.4 is 0 Å². The van der Waals surface area contributed by atoms with Crippen LogP contribution >= 0.6 is 0 Å². The molecule has 0 amide bonds. The van der Waals surface area contributed by atoms with Crippen LogP contribution in [0.1, 0.15) is 232 Å². The number of aliphatic hydroxyl groups excluding tert-OH is 7. The normalized spacial score (nSPS) is 24.9. The topological polar surface area (TPSA) is 231 Å². The molecule has 0 saturated carbocycles. The van der Waals surface area contributed by atoms with E-state index in [1.165, 1.54) is 173 Å². The molecule has 0 spiro atoms. The lowest BCUT2D eigenvalue weighted by Gasteiger charge is -2.42. The Morgan fingerprint density at radius 1 is 0.459 bits per heavy atom. The van der Waals surface area contributed by atoms with Gasteiger partial charge in [-0.15, -0.1) is 0 Å². The van der Waals surface area contributed by atoms with Crippen LogP contribution in [-0.2, 0) is 38.0 Å². The van der Waals surface area contributed by atoms with Gasteiger partial charge in [0.2, 0.25) is 0 Å². The van der Waals surface area contributed by atoms with Gasteiger partial charge in [0.1, 0.15) is 55.4 Å². The number of unbranched alkanes of at least 4 members (excludes halogenated alkanes) is 30. The first-order valence-electron chi connectivity index (χ1n) is 29.6. The quantitative estimate of drug-likeness (QED) is 0.00988. The molecule has 0 aliphatic carbocycles. The molecule has 0 aromatic carbocycles. The average molecular weight is 1060 g/mol. The number of hydrogen-bond acceptors (Lipinski definition) is 15. The molecule has 2 fully saturated rings. The summed E-state index contributed by atoms with van der Waals surface area (Å²) in [7, 11) is 0. The summed E-state index contributed by atoms with van der Waals surface area (Å²) in [5.41, 5.74) is 0. The largest absolute Gasteiger partial charge is 0.462 e. The zero-order valence-electron chi connectivity index (χ0n) is 46.1. The first-order valence-corrected chi connectivity index (χ1v) is 29.6. The second-order valence-electron chi connectivity index (χ2n) is 20.9. The van der Waals surface area contributed by atoms with Crippen molar-refractivity contribution >= 4 is 11.9 Å². The van der Waals surface area contributed by atoms with Crippen LogP contribution in [0, 0.1) is 0 Å². The van der Waals surface area contributed by atoms with E-state index in [-0.39, 0.29) is 13.0 Å². The highest BCUT2D eigenvalue weighted by molar-refractivity contribution is 5.82. The molecule has 2 saturated heterocycles. The number of rotatable bonds is 47. The number of allylic oxidation sites excluding steroid dienone is 5. The van der Waals surface area contributed by atoms with Gasteiger partial charge in [-0.05, 0) is 38.5 Å². The highest BCUT2D eigenvalue weighted by Gasteiger charge is 2.47. The van der Waals surface area contributed by atoms with Gasteiger partial charge < -0.3 is 64.2 Å². The van der Waals surface area contributed by atoms with E-state index in [0.29, 0.717) is 6.42 Å². The van der Waals surface area contributed by atoms with Gasteiger partial charge >= 0.3 is 11.9 Å². The lowest BCUT2D eigenvalue weighted by molar-refractivity contribution is -0.332. The van der Waals surface area contributed by atoms with Gasteiger partial charge in [-0.25, -0.2) is 4.79 Å². The maximum absolute atomic E-state index is 12.9. The van der Waals surface area contributed by atoms with Crippen molar-refractivity contribution < 1.29 is 73.8 Å². The maximum atomic E-state index is 12.9. The summed E-state index contributed by atoms with van der Waals surface area (Å²) in [4.78, 5) is 25.7. The summed E-state index contributed by atoms with van der Waals surface area (Å²) >= 11 is 0. The van der Waals surface area contributed by atoms with Crippen molar-refractivity contribution in [2.75, 3.05) is 26.4 Å². The van der Waals surface area contributed by atoms with Gasteiger partial charge in [0.05, 0.1) is 19.8 Å². The van der Waals surface area contributed by atoms with Crippen LogP contribution in [0.2, 0.25) is 0 Å². The Morgan fingerprint density at radius 3 is 1.34 bits per heavy atom. The van der Waals surface area contributed by atoms with Gasteiger partial charge in [0.15, 0.2) is 18.7 Å². The van der Waals surface area contributed by atoms with Crippen LogP contribution in [0.3, 0.4) is 0 Å². The third-order valence-corrected chi connectivity index (χ3v) is 14.2. The van der Waals surface area contributed by atoms with Crippen LogP contribution in [-0.4, -0.2) is 142 Å². The molecule has 4 unspecified atom stereocenters. The van der Waals surface area contributed by atoms with Crippen LogP contribution in [0.4, 0.5) is 0 Å². The van der Waals surface area contributed by atoms with E-state index in [2.05, 4.69) is 26.0 Å². The smallest absolute Gasteiger partial charge is 0.331 e. The van der Waals surface area contributed by atoms with Gasteiger partial charge in [-0.2, -0.15) is 0 Å². The molecule has 0 radical (unpaired) electrons. The number of carbonyl (C=O) groups excluding carboxylic acids is 2. The van der Waals surface area contributed by atoms with Crippen molar-refractivity contribution in [1.29, 1.82) is 0 Å². The Labute approximate surface area is 446 Å². The Morgan fingerprint density at radius 2 is 0.865 bits per heavy atom. The number of esters is 2. The standard InChI is InChI=1S/C59H106O15/c1-3-5-7-9-11-13-15-17-19-20-21-22-23-24-25-26-28-29-31-33-35-37-39-41-50(61)69-44-47(72-51(62)42-40-38-36-34-32-30-27-18-16-14-12-10-8-6-4-2)45-70-58-57(68)55(66)53(64)49(74-58)46-71-59-56(67)54(65)52(63)48(43-60)73-59/h33,35-36,38,40,42,47-49,52-60,63-68H,3-32,34,37,39,41,43-46H2,1-2H3/b35-33+,38-36+,42-40+/t47-,48+,49+,52-,53-,54?,55?,56?,57?,58+,59+/m0/s1. The zero-order chi connectivity index (χ0) is 53.9. The van der Waals surface area contributed by atoms with Crippen molar-refractivity contribution in [3.63, 3.8) is 0 Å². The second kappa shape index (κ2) is 45.7. The maximum Gasteiger partial charge on any atom is 0.331 e. The predicted molar refractivity (Wildman–Crippen MR) is 289 cm³/mol. The first-order chi connectivity index (χ1) is 36.0. The fraction of sp³-hybridized carbons (Fsp3) is 0.864. The number of aliphatic hydroxyl groups is 7. The van der Waals surface area contributed by atoms with Crippen molar-refractivity contribution in [2.24, 2.45) is 0 Å². The minimum Gasteiger partial charge on any atom is -0.462 e. The third-order valence-electron chi connectivity index (χ3n) is 14.2. The molecule has 11 atom stereocenters. The molecule has 15 heteroatoms. The zero-order valence-corrected chi connectivity index (χ0v) is 46.1. The van der Waals surface area contributed by atoms with E-state index in [9.17, 15) is 45.3 Å². The summed E-state index contributed by atoms with van der Waals surface area (Å²) in [6.45, 7) is 2.49. The molecule has 7 N–H and O–H groups in total. The van der Waals surface area contributed by atoms with E-state index < -0.39 is 99.3 Å². The molecule has 15 nitrogen and oxygen atoms in total. The SMILES string of the molecule is CCCCCCCCCCCCC/C=C/C=C/C(=O)O[C@@H](COC(=O)CCC/C=C/CCCCCCCCCCCCCCCCCCCC)CO[C@@H]1O[C@H](CO[C@@H]2O[C@H](CO)[C@H](O)C(O)C2O)[C@H](O)C(O)C1O.